The Morgan fingerprint density at radius 2 is 1.96 bits per heavy atom. The molecular weight excluding hydrogens is 344 g/mol. The Bertz CT molecular complexity index is 1020. The van der Waals surface area contributed by atoms with Crippen molar-refractivity contribution >= 4 is 39.9 Å². The number of hydrogen-bond acceptors (Lipinski definition) is 6. The van der Waals surface area contributed by atoms with Gasteiger partial charge in [0.25, 0.3) is 5.91 Å². The highest BCUT2D eigenvalue weighted by Crippen LogP contribution is 2.19. The molecule has 0 aliphatic rings. The van der Waals surface area contributed by atoms with Crippen LogP contribution in [0, 0.1) is 13.8 Å². The number of anilines is 1. The van der Waals surface area contributed by atoms with Crippen LogP contribution in [0.4, 0.5) is 5.69 Å². The monoisotopic (exact) mass is 360 g/mol. The van der Waals surface area contributed by atoms with Gasteiger partial charge in [-0.05, 0) is 39.0 Å². The molecule has 0 aliphatic carbocycles. The van der Waals surface area contributed by atoms with Crippen LogP contribution in [0.5, 0.6) is 0 Å². The number of rotatable bonds is 4. The highest BCUT2D eigenvalue weighted by molar-refractivity contribution is 7.13. The second-order valence-corrected chi connectivity index (χ2v) is 6.73. The van der Waals surface area contributed by atoms with Crippen LogP contribution in [0.3, 0.4) is 0 Å². The van der Waals surface area contributed by atoms with Crippen molar-refractivity contribution in [1.29, 1.82) is 0 Å². The number of H-pyrrole nitrogens is 2. The summed E-state index contributed by atoms with van der Waals surface area (Å²) in [5.41, 5.74) is 1.96. The second-order valence-electron chi connectivity index (χ2n) is 5.52. The molecule has 3 N–H and O–H groups in total. The number of fused-ring (bicyclic) bond motifs is 1. The highest BCUT2D eigenvalue weighted by atomic mass is 32.1. The summed E-state index contributed by atoms with van der Waals surface area (Å²) in [4.78, 5) is 45.4. The molecule has 0 bridgehead atoms. The fraction of sp³-hybridized carbons (Fsp3) is 0.250. The van der Waals surface area contributed by atoms with Crippen molar-refractivity contribution < 1.29 is 14.3 Å². The summed E-state index contributed by atoms with van der Waals surface area (Å²) in [6, 6.07) is 4.94. The first-order valence-electron chi connectivity index (χ1n) is 7.51. The van der Waals surface area contributed by atoms with Crippen LogP contribution >= 0.6 is 11.3 Å². The number of benzene rings is 1. The molecule has 0 radical (unpaired) electrons. The van der Waals surface area contributed by atoms with E-state index in [1.165, 1.54) is 18.3 Å². The van der Waals surface area contributed by atoms with Crippen molar-refractivity contribution in [3.63, 3.8) is 0 Å². The van der Waals surface area contributed by atoms with Gasteiger partial charge in [0, 0.05) is 5.69 Å². The minimum Gasteiger partial charge on any atom is -0.448 e. The molecular formula is C16H16N4O4S. The summed E-state index contributed by atoms with van der Waals surface area (Å²) < 4.78 is 5.21. The molecule has 3 aromatic rings. The fourth-order valence-electron chi connectivity index (χ4n) is 2.34. The highest BCUT2D eigenvalue weighted by Gasteiger charge is 2.22. The predicted octanol–water partition coefficient (Wildman–Crippen LogP) is 2.11. The molecule has 1 atom stereocenters. The molecule has 0 saturated heterocycles. The number of amides is 1. The van der Waals surface area contributed by atoms with E-state index in [1.807, 2.05) is 0 Å². The van der Waals surface area contributed by atoms with Crippen LogP contribution in [-0.2, 0) is 9.53 Å². The lowest BCUT2D eigenvalue weighted by atomic mass is 10.2. The molecule has 0 spiro atoms. The molecule has 0 saturated carbocycles. The fourth-order valence-corrected chi connectivity index (χ4v) is 3.15. The van der Waals surface area contributed by atoms with E-state index in [4.69, 9.17) is 4.74 Å². The SMILES string of the molecule is Cc1nc(C)c(C(=O)O[C@H](C)C(=O)Nc2ccc3[nH]c(=O)[nH]c3c2)s1. The van der Waals surface area contributed by atoms with Crippen LogP contribution in [0.1, 0.15) is 27.3 Å². The summed E-state index contributed by atoms with van der Waals surface area (Å²) in [6.07, 6.45) is -0.977. The van der Waals surface area contributed by atoms with Gasteiger partial charge >= 0.3 is 11.7 Å². The zero-order chi connectivity index (χ0) is 18.1. The number of nitrogens with zero attached hydrogens (tertiary/aromatic N) is 1. The molecule has 2 aromatic heterocycles. The quantitative estimate of drug-likeness (QED) is 0.616. The molecule has 1 amide bonds. The zero-order valence-corrected chi connectivity index (χ0v) is 14.6. The number of aryl methyl sites for hydroxylation is 2. The Morgan fingerprint density at radius 1 is 1.24 bits per heavy atom. The zero-order valence-electron chi connectivity index (χ0n) is 13.8. The third-order valence-electron chi connectivity index (χ3n) is 3.53. The van der Waals surface area contributed by atoms with E-state index in [-0.39, 0.29) is 5.69 Å². The maximum Gasteiger partial charge on any atom is 0.351 e. The van der Waals surface area contributed by atoms with Crippen LogP contribution < -0.4 is 11.0 Å². The number of ether oxygens (including phenoxy) is 1. The Labute approximate surface area is 146 Å². The van der Waals surface area contributed by atoms with Gasteiger partial charge in [-0.1, -0.05) is 0 Å². The molecule has 3 rings (SSSR count). The smallest absolute Gasteiger partial charge is 0.351 e. The molecule has 8 nitrogen and oxygen atoms in total. The van der Waals surface area contributed by atoms with Gasteiger partial charge in [-0.3, -0.25) is 4.79 Å². The van der Waals surface area contributed by atoms with Gasteiger partial charge in [-0.15, -0.1) is 11.3 Å². The van der Waals surface area contributed by atoms with Crippen molar-refractivity contribution in [3.8, 4) is 0 Å². The van der Waals surface area contributed by atoms with Gasteiger partial charge in [0.05, 0.1) is 21.7 Å². The van der Waals surface area contributed by atoms with Crippen molar-refractivity contribution in [2.75, 3.05) is 5.32 Å². The van der Waals surface area contributed by atoms with E-state index >= 15 is 0 Å². The minimum atomic E-state index is -0.977. The molecule has 0 fully saturated rings. The molecule has 2 heterocycles. The summed E-state index contributed by atoms with van der Waals surface area (Å²) in [5, 5.41) is 3.42. The molecule has 1 aromatic carbocycles. The standard InChI is InChI=1S/C16H16N4O4S/c1-7-13(25-9(3)17-7)15(22)24-8(2)14(21)18-10-4-5-11-12(6-10)20-16(23)19-11/h4-6,8H,1-3H3,(H,18,21)(H2,19,20,23)/t8-/m1/s1. The molecule has 9 heteroatoms. The van der Waals surface area contributed by atoms with Crippen molar-refractivity contribution in [2.24, 2.45) is 0 Å². The number of hydrogen-bond donors (Lipinski definition) is 3. The van der Waals surface area contributed by atoms with Crippen LogP contribution in [0.2, 0.25) is 0 Å². The minimum absolute atomic E-state index is 0.323. The lowest BCUT2D eigenvalue weighted by molar-refractivity contribution is -0.123. The molecule has 0 aliphatic heterocycles. The van der Waals surface area contributed by atoms with Crippen LogP contribution in [-0.4, -0.2) is 32.9 Å². The van der Waals surface area contributed by atoms with E-state index in [1.54, 1.807) is 32.0 Å². The number of thiazole rings is 1. The average molecular weight is 360 g/mol. The Balaban J connectivity index is 1.68. The van der Waals surface area contributed by atoms with Crippen molar-refractivity contribution in [3.05, 3.63) is 44.3 Å². The summed E-state index contributed by atoms with van der Waals surface area (Å²) in [7, 11) is 0. The van der Waals surface area contributed by atoms with Crippen molar-refractivity contribution in [1.82, 2.24) is 15.0 Å². The first-order valence-corrected chi connectivity index (χ1v) is 8.33. The summed E-state index contributed by atoms with van der Waals surface area (Å²) in [6.45, 7) is 5.01. The molecule has 130 valence electrons. The number of carbonyl (C=O) groups is 2. The average Bonchev–Trinajstić information content (AvgIpc) is 3.07. The number of carbonyl (C=O) groups excluding carboxylic acids is 2. The van der Waals surface area contributed by atoms with E-state index in [2.05, 4.69) is 20.3 Å². The number of esters is 1. The predicted molar refractivity (Wildman–Crippen MR) is 94.0 cm³/mol. The Hall–Kier alpha value is -2.94. The van der Waals surface area contributed by atoms with Gasteiger partial charge < -0.3 is 20.0 Å². The van der Waals surface area contributed by atoms with Crippen molar-refractivity contribution in [2.45, 2.75) is 26.9 Å². The van der Waals surface area contributed by atoms with Gasteiger partial charge in [0.1, 0.15) is 4.88 Å². The van der Waals surface area contributed by atoms with Gasteiger partial charge in [-0.2, -0.15) is 0 Å². The number of nitrogens with one attached hydrogen (secondary N) is 3. The summed E-state index contributed by atoms with van der Waals surface area (Å²) >= 11 is 1.23. The number of imidazole rings is 1. The normalized spacial score (nSPS) is 12.1. The first-order chi connectivity index (χ1) is 11.8. The number of aromatic amines is 2. The molecule has 0 unspecified atom stereocenters. The van der Waals surface area contributed by atoms with Gasteiger partial charge in [0.15, 0.2) is 6.10 Å². The lowest BCUT2D eigenvalue weighted by Gasteiger charge is -2.13. The topological polar surface area (TPSA) is 117 Å². The summed E-state index contributed by atoms with van der Waals surface area (Å²) in [5.74, 6) is -1.04. The third kappa shape index (κ3) is 3.61. The lowest BCUT2D eigenvalue weighted by Crippen LogP contribution is -2.29. The number of aromatic nitrogens is 3. The largest absolute Gasteiger partial charge is 0.448 e. The van der Waals surface area contributed by atoms with Crippen LogP contribution in [0.15, 0.2) is 23.0 Å². The van der Waals surface area contributed by atoms with Gasteiger partial charge in [-0.25, -0.2) is 14.6 Å². The van der Waals surface area contributed by atoms with Gasteiger partial charge in [0.2, 0.25) is 0 Å². The first kappa shape index (κ1) is 16.9. The maximum absolute atomic E-state index is 12.2. The van der Waals surface area contributed by atoms with E-state index < -0.39 is 18.0 Å². The third-order valence-corrected chi connectivity index (χ3v) is 4.58. The van der Waals surface area contributed by atoms with E-state index in [0.717, 1.165) is 5.01 Å². The van der Waals surface area contributed by atoms with E-state index in [0.29, 0.717) is 27.3 Å². The van der Waals surface area contributed by atoms with E-state index in [9.17, 15) is 14.4 Å². The van der Waals surface area contributed by atoms with Crippen LogP contribution in [0.25, 0.3) is 11.0 Å². The molecule has 25 heavy (non-hydrogen) atoms. The second kappa shape index (κ2) is 6.52. The maximum atomic E-state index is 12.2. The Kier molecular flexibility index (Phi) is 4.41. The Morgan fingerprint density at radius 3 is 2.64 bits per heavy atom.